The molecule has 0 amide bonds. The van der Waals surface area contributed by atoms with Crippen molar-refractivity contribution in [3.05, 3.63) is 12.2 Å². The Hall–Kier alpha value is -1.78. The number of hydrogen-bond acceptors (Lipinski definition) is 9. The minimum atomic E-state index is -4.71. The second-order valence-corrected chi connectivity index (χ2v) is 16.6. The fourth-order valence-electron chi connectivity index (χ4n) is 6.22. The van der Waals surface area contributed by atoms with Gasteiger partial charge in [-0.25, -0.2) is 4.57 Å². The first-order valence-electron chi connectivity index (χ1n) is 22.2. The monoisotopic (exact) mass is 804 g/mol. The number of carbonyl (C=O) groups excluding carboxylic acids is 2. The van der Waals surface area contributed by atoms with Crippen molar-refractivity contribution < 1.29 is 47.5 Å². The fraction of sp³-hybridized carbons (Fsp3) is 0.884. The van der Waals surface area contributed by atoms with Crippen LogP contribution in [0.4, 0.5) is 0 Å². The van der Waals surface area contributed by atoms with Gasteiger partial charge in [0.1, 0.15) is 12.6 Å². The van der Waals surface area contributed by atoms with Crippen molar-refractivity contribution in [3.8, 4) is 0 Å². The van der Waals surface area contributed by atoms with E-state index in [-0.39, 0.29) is 19.4 Å². The Labute approximate surface area is 335 Å². The number of aliphatic carboxylic acids is 1. The first kappa shape index (κ1) is 53.2. The molecule has 0 radical (unpaired) electrons. The summed E-state index contributed by atoms with van der Waals surface area (Å²) in [5.41, 5.74) is 5.33. The quantitative estimate of drug-likeness (QED) is 0.0232. The lowest BCUT2D eigenvalue weighted by Crippen LogP contribution is -2.34. The lowest BCUT2D eigenvalue weighted by molar-refractivity contribution is -0.161. The molecule has 0 saturated carbocycles. The molecular weight excluding hydrogens is 721 g/mol. The first-order chi connectivity index (χ1) is 26.6. The van der Waals surface area contributed by atoms with Crippen molar-refractivity contribution in [1.29, 1.82) is 0 Å². The topological polar surface area (TPSA) is 172 Å². The van der Waals surface area contributed by atoms with Gasteiger partial charge in [0.2, 0.25) is 0 Å². The molecule has 324 valence electrons. The van der Waals surface area contributed by atoms with E-state index in [9.17, 15) is 23.8 Å². The Morgan fingerprint density at radius 3 is 1.38 bits per heavy atom. The Morgan fingerprint density at radius 1 is 0.545 bits per heavy atom. The number of carboxylic acids is 1. The zero-order valence-corrected chi connectivity index (χ0v) is 35.9. The van der Waals surface area contributed by atoms with Crippen molar-refractivity contribution in [3.63, 3.8) is 0 Å². The number of rotatable bonds is 42. The Balaban J connectivity index is 4.23. The molecule has 0 fully saturated rings. The van der Waals surface area contributed by atoms with Gasteiger partial charge < -0.3 is 25.2 Å². The summed E-state index contributed by atoms with van der Waals surface area (Å²) in [7, 11) is -4.71. The Morgan fingerprint density at radius 2 is 0.927 bits per heavy atom. The van der Waals surface area contributed by atoms with Crippen molar-refractivity contribution in [1.82, 2.24) is 0 Å². The van der Waals surface area contributed by atoms with E-state index < -0.39 is 51.1 Å². The number of phosphoric ester groups is 1. The molecule has 0 bridgehead atoms. The molecule has 0 aromatic rings. The second-order valence-electron chi connectivity index (χ2n) is 15.2. The van der Waals surface area contributed by atoms with E-state index in [2.05, 4.69) is 30.5 Å². The van der Waals surface area contributed by atoms with Crippen LogP contribution in [-0.2, 0) is 37.5 Å². The second kappa shape index (κ2) is 39.1. The largest absolute Gasteiger partial charge is 0.480 e. The van der Waals surface area contributed by atoms with Crippen LogP contribution in [0.25, 0.3) is 0 Å². The summed E-state index contributed by atoms with van der Waals surface area (Å²) >= 11 is 0. The molecule has 0 aliphatic rings. The number of allylic oxidation sites excluding steroid dienone is 2. The van der Waals surface area contributed by atoms with Crippen LogP contribution in [0.15, 0.2) is 12.2 Å². The summed E-state index contributed by atoms with van der Waals surface area (Å²) in [4.78, 5) is 45.9. The molecule has 0 heterocycles. The maximum absolute atomic E-state index is 12.6. The predicted molar refractivity (Wildman–Crippen MR) is 222 cm³/mol. The molecule has 3 unspecified atom stereocenters. The van der Waals surface area contributed by atoms with Crippen molar-refractivity contribution in [2.75, 3.05) is 19.8 Å². The minimum absolute atomic E-state index is 0.154. The van der Waals surface area contributed by atoms with Gasteiger partial charge in [-0.1, -0.05) is 180 Å². The summed E-state index contributed by atoms with van der Waals surface area (Å²) in [5, 5.41) is 8.88. The molecule has 12 heteroatoms. The molecular formula is C43H82NO10P. The lowest BCUT2D eigenvalue weighted by Gasteiger charge is -2.20. The number of ether oxygens (including phenoxy) is 2. The summed E-state index contributed by atoms with van der Waals surface area (Å²) in [6.45, 7) is 2.77. The van der Waals surface area contributed by atoms with Crippen LogP contribution in [0.2, 0.25) is 0 Å². The molecule has 0 aliphatic heterocycles. The number of hydrogen-bond donors (Lipinski definition) is 3. The van der Waals surface area contributed by atoms with Crippen LogP contribution in [-0.4, -0.2) is 59.9 Å². The Kier molecular flexibility index (Phi) is 37.8. The average molecular weight is 804 g/mol. The Bertz CT molecular complexity index is 995. The zero-order chi connectivity index (χ0) is 40.7. The maximum Gasteiger partial charge on any atom is 0.472 e. The summed E-state index contributed by atoms with van der Waals surface area (Å²) in [6, 6.07) is -1.52. The normalized spacial score (nSPS) is 13.8. The number of phosphoric acid groups is 1. The third-order valence-corrected chi connectivity index (χ3v) is 10.7. The molecule has 4 N–H and O–H groups in total. The van der Waals surface area contributed by atoms with Crippen molar-refractivity contribution in [2.24, 2.45) is 5.73 Å². The number of carbonyl (C=O) groups is 3. The smallest absolute Gasteiger partial charge is 0.472 e. The standard InChI is InChI=1S/C43H82NO10P/c1-3-5-7-9-11-13-15-16-17-18-19-20-21-22-23-25-26-28-30-32-34-41(45)51-36-39(37-52-55(49,50)53-38-40(44)43(47)48)54-42(46)35-33-31-29-27-24-14-12-10-8-6-4-2/h10,12,39-40H,3-9,11,13-38,44H2,1-2H3,(H,47,48)(H,49,50)/b12-10-. The van der Waals surface area contributed by atoms with Gasteiger partial charge in [-0.3, -0.25) is 23.4 Å². The van der Waals surface area contributed by atoms with Crippen LogP contribution in [0.3, 0.4) is 0 Å². The van der Waals surface area contributed by atoms with E-state index in [4.69, 9.17) is 24.8 Å². The van der Waals surface area contributed by atoms with Gasteiger partial charge in [0.05, 0.1) is 13.2 Å². The summed E-state index contributed by atoms with van der Waals surface area (Å²) < 4.78 is 32.6. The van der Waals surface area contributed by atoms with Gasteiger partial charge in [0.15, 0.2) is 6.10 Å². The van der Waals surface area contributed by atoms with Crippen LogP contribution < -0.4 is 5.73 Å². The average Bonchev–Trinajstić information content (AvgIpc) is 3.16. The van der Waals surface area contributed by atoms with Crippen LogP contribution in [0.5, 0.6) is 0 Å². The number of carboxylic acid groups (broad SMARTS) is 1. The first-order valence-corrected chi connectivity index (χ1v) is 23.7. The van der Waals surface area contributed by atoms with Crippen LogP contribution >= 0.6 is 7.82 Å². The van der Waals surface area contributed by atoms with Gasteiger partial charge in [-0.05, 0) is 32.1 Å². The molecule has 0 rings (SSSR count). The van der Waals surface area contributed by atoms with E-state index >= 15 is 0 Å². The van der Waals surface area contributed by atoms with E-state index in [1.54, 1.807) is 0 Å². The maximum atomic E-state index is 12.6. The van der Waals surface area contributed by atoms with Crippen LogP contribution in [0.1, 0.15) is 213 Å². The van der Waals surface area contributed by atoms with E-state index in [0.29, 0.717) is 12.8 Å². The van der Waals surface area contributed by atoms with Crippen LogP contribution in [0, 0.1) is 0 Å². The predicted octanol–water partition coefficient (Wildman–Crippen LogP) is 11.7. The zero-order valence-electron chi connectivity index (χ0n) is 35.0. The lowest BCUT2D eigenvalue weighted by atomic mass is 10.0. The van der Waals surface area contributed by atoms with Gasteiger partial charge in [0, 0.05) is 12.8 Å². The summed E-state index contributed by atoms with van der Waals surface area (Å²) in [5.74, 6) is -2.38. The van der Waals surface area contributed by atoms with Gasteiger partial charge in [0.25, 0.3) is 0 Å². The molecule has 55 heavy (non-hydrogen) atoms. The molecule has 0 spiro atoms. The minimum Gasteiger partial charge on any atom is -0.480 e. The third-order valence-electron chi connectivity index (χ3n) is 9.76. The molecule has 3 atom stereocenters. The highest BCUT2D eigenvalue weighted by Gasteiger charge is 2.28. The molecule has 0 aromatic carbocycles. The number of unbranched alkanes of at least 4 members (excludes halogenated alkanes) is 26. The van der Waals surface area contributed by atoms with E-state index in [1.807, 2.05) is 0 Å². The van der Waals surface area contributed by atoms with Crippen molar-refractivity contribution in [2.45, 2.75) is 225 Å². The number of nitrogens with two attached hydrogens (primary N) is 1. The SMILES string of the molecule is CCCC/C=C\CCCCCCCC(=O)OC(COC(=O)CCCCCCCCCCCCCCCCCCCCCC)COP(=O)(O)OCC(N)C(=O)O. The highest BCUT2D eigenvalue weighted by Crippen LogP contribution is 2.43. The van der Waals surface area contributed by atoms with Crippen molar-refractivity contribution >= 4 is 25.7 Å². The third kappa shape index (κ3) is 38.9. The highest BCUT2D eigenvalue weighted by molar-refractivity contribution is 7.47. The molecule has 0 aliphatic carbocycles. The molecule has 0 saturated heterocycles. The van der Waals surface area contributed by atoms with Gasteiger partial charge in [-0.15, -0.1) is 0 Å². The van der Waals surface area contributed by atoms with E-state index in [1.165, 1.54) is 116 Å². The molecule has 0 aromatic heterocycles. The molecule has 11 nitrogen and oxygen atoms in total. The highest BCUT2D eigenvalue weighted by atomic mass is 31.2. The van der Waals surface area contributed by atoms with E-state index in [0.717, 1.165) is 57.8 Å². The number of esters is 2. The van der Waals surface area contributed by atoms with Gasteiger partial charge >= 0.3 is 25.7 Å². The fourth-order valence-corrected chi connectivity index (χ4v) is 7.00. The summed E-state index contributed by atoms with van der Waals surface area (Å²) in [6.07, 6.45) is 38.6. The van der Waals surface area contributed by atoms with Gasteiger partial charge in [-0.2, -0.15) is 0 Å².